The number of carbonyl (C=O) groups is 3. The number of rotatable bonds is 5. The standard InChI is InChI=1S/C6H8O7.Li.3Na/c7-3(8)1-6(13,5(11)12)2-4(9)10;;;;/h13H,1-2H2,(H,7,8)(H,9,10)(H,11,12);;;;/q;4*+1. The summed E-state index contributed by atoms with van der Waals surface area (Å²) < 4.78 is 0. The molecular formula is C6H8LiNa3O7+4. The summed E-state index contributed by atoms with van der Waals surface area (Å²) in [5.74, 6) is -5.02. The molecular weight excluding hydrogens is 260 g/mol. The van der Waals surface area contributed by atoms with Gasteiger partial charge in [0, 0.05) is 0 Å². The molecule has 4 N–H and O–H groups in total. The molecule has 0 unspecified atom stereocenters. The van der Waals surface area contributed by atoms with Crippen LogP contribution in [-0.2, 0) is 14.4 Å². The third kappa shape index (κ3) is 14.2. The molecule has 0 aliphatic heterocycles. The zero-order valence-electron chi connectivity index (χ0n) is 10.4. The first-order chi connectivity index (χ1) is 5.78. The Hall–Kier alpha value is 1.97. The molecule has 0 aliphatic carbocycles. The van der Waals surface area contributed by atoms with Gasteiger partial charge in [0.25, 0.3) is 0 Å². The fourth-order valence-corrected chi connectivity index (χ4v) is 0.714. The molecule has 0 amide bonds. The molecule has 0 aromatic carbocycles. The molecule has 74 valence electrons. The van der Waals surface area contributed by atoms with Crippen LogP contribution in [0.5, 0.6) is 0 Å². The van der Waals surface area contributed by atoms with E-state index in [1.807, 2.05) is 0 Å². The summed E-state index contributed by atoms with van der Waals surface area (Å²) in [7, 11) is 0. The van der Waals surface area contributed by atoms with Crippen LogP contribution in [0.25, 0.3) is 0 Å². The average Bonchev–Trinajstić information content (AvgIpc) is 1.82. The van der Waals surface area contributed by atoms with Crippen molar-refractivity contribution in [3.63, 3.8) is 0 Å². The summed E-state index contributed by atoms with van der Waals surface area (Å²) in [4.78, 5) is 30.5. The summed E-state index contributed by atoms with van der Waals surface area (Å²) >= 11 is 0. The third-order valence-electron chi connectivity index (χ3n) is 1.29. The van der Waals surface area contributed by atoms with Crippen molar-refractivity contribution in [3.8, 4) is 0 Å². The molecule has 11 heteroatoms. The first kappa shape index (κ1) is 31.4. The predicted octanol–water partition coefficient (Wildman–Crippen LogP) is -13.2. The van der Waals surface area contributed by atoms with E-state index in [1.54, 1.807) is 0 Å². The molecule has 17 heavy (non-hydrogen) atoms. The maximum Gasteiger partial charge on any atom is 1.00 e. The van der Waals surface area contributed by atoms with Crippen LogP contribution in [0.4, 0.5) is 0 Å². The molecule has 7 nitrogen and oxygen atoms in total. The van der Waals surface area contributed by atoms with Crippen molar-refractivity contribution in [1.82, 2.24) is 0 Å². The Bertz CT molecular complexity index is 244. The van der Waals surface area contributed by atoms with Gasteiger partial charge in [0.15, 0.2) is 5.60 Å². The molecule has 0 radical (unpaired) electrons. The molecule has 0 aliphatic rings. The number of aliphatic carboxylic acids is 3. The zero-order chi connectivity index (χ0) is 10.6. The van der Waals surface area contributed by atoms with Gasteiger partial charge in [0.05, 0.1) is 12.8 Å². The Morgan fingerprint density at radius 2 is 1.06 bits per heavy atom. The Balaban J connectivity index is -0.000000120. The van der Waals surface area contributed by atoms with Gasteiger partial charge in [-0.25, -0.2) is 4.79 Å². The Labute approximate surface area is 176 Å². The molecule has 0 aromatic heterocycles. The maximum absolute atomic E-state index is 10.3. The van der Waals surface area contributed by atoms with Gasteiger partial charge in [-0.1, -0.05) is 0 Å². The van der Waals surface area contributed by atoms with Gasteiger partial charge in [-0.15, -0.1) is 0 Å². The van der Waals surface area contributed by atoms with E-state index in [0.717, 1.165) is 0 Å². The molecule has 0 atom stereocenters. The second-order valence-electron chi connectivity index (χ2n) is 2.48. The minimum atomic E-state index is -2.74. The van der Waals surface area contributed by atoms with E-state index in [-0.39, 0.29) is 108 Å². The molecule has 0 aromatic rings. The van der Waals surface area contributed by atoms with E-state index < -0.39 is 36.4 Å². The van der Waals surface area contributed by atoms with Gasteiger partial charge in [-0.3, -0.25) is 9.59 Å². The van der Waals surface area contributed by atoms with Crippen molar-refractivity contribution in [2.45, 2.75) is 18.4 Å². The van der Waals surface area contributed by atoms with Crippen LogP contribution in [0.2, 0.25) is 0 Å². The minimum Gasteiger partial charge on any atom is -0.481 e. The summed E-state index contributed by atoms with van der Waals surface area (Å²) in [5.41, 5.74) is -2.74. The van der Waals surface area contributed by atoms with Crippen LogP contribution in [0.3, 0.4) is 0 Å². The van der Waals surface area contributed by atoms with Crippen molar-refractivity contribution < 1.29 is 142 Å². The van der Waals surface area contributed by atoms with E-state index >= 15 is 0 Å². The number of aliphatic hydroxyl groups is 1. The molecule has 0 fully saturated rings. The van der Waals surface area contributed by atoms with Crippen LogP contribution in [0, 0.1) is 0 Å². The van der Waals surface area contributed by atoms with E-state index in [2.05, 4.69) is 0 Å². The van der Waals surface area contributed by atoms with Crippen molar-refractivity contribution >= 4 is 17.9 Å². The van der Waals surface area contributed by atoms with Gasteiger partial charge < -0.3 is 20.4 Å². The summed E-state index contributed by atoms with van der Waals surface area (Å²) in [6.07, 6.45) is -2.29. The van der Waals surface area contributed by atoms with E-state index in [0.29, 0.717) is 0 Å². The zero-order valence-corrected chi connectivity index (χ0v) is 16.4. The van der Waals surface area contributed by atoms with Gasteiger partial charge in [-0.2, -0.15) is 0 Å². The molecule has 0 bridgehead atoms. The topological polar surface area (TPSA) is 132 Å². The van der Waals surface area contributed by atoms with Crippen LogP contribution in [0.1, 0.15) is 12.8 Å². The van der Waals surface area contributed by atoms with E-state index in [1.165, 1.54) is 0 Å². The number of carboxylic acids is 3. The molecule has 0 heterocycles. The van der Waals surface area contributed by atoms with E-state index in [9.17, 15) is 14.4 Å². The fraction of sp³-hybridized carbons (Fsp3) is 0.500. The molecule has 0 rings (SSSR count). The fourth-order valence-electron chi connectivity index (χ4n) is 0.714. The number of carboxylic acid groups (broad SMARTS) is 3. The first-order valence-electron chi connectivity index (χ1n) is 3.17. The van der Waals surface area contributed by atoms with Gasteiger partial charge >= 0.3 is 125 Å². The number of hydrogen-bond donors (Lipinski definition) is 4. The Morgan fingerprint density at radius 1 is 0.824 bits per heavy atom. The van der Waals surface area contributed by atoms with Crippen LogP contribution >= 0.6 is 0 Å². The van der Waals surface area contributed by atoms with Gasteiger partial charge in [0.1, 0.15) is 0 Å². The van der Waals surface area contributed by atoms with Gasteiger partial charge in [-0.05, 0) is 0 Å². The third-order valence-corrected chi connectivity index (χ3v) is 1.29. The molecule has 0 saturated heterocycles. The van der Waals surface area contributed by atoms with Crippen molar-refractivity contribution in [2.24, 2.45) is 0 Å². The van der Waals surface area contributed by atoms with Crippen molar-refractivity contribution in [3.05, 3.63) is 0 Å². The largest absolute Gasteiger partial charge is 1.00 e. The summed E-state index contributed by atoms with van der Waals surface area (Å²) in [5, 5.41) is 33.8. The smallest absolute Gasteiger partial charge is 0.481 e. The monoisotopic (exact) mass is 268 g/mol. The van der Waals surface area contributed by atoms with Gasteiger partial charge in [0.2, 0.25) is 0 Å². The van der Waals surface area contributed by atoms with Crippen LogP contribution in [0.15, 0.2) is 0 Å². The van der Waals surface area contributed by atoms with Crippen molar-refractivity contribution in [2.75, 3.05) is 0 Å². The molecule has 0 saturated carbocycles. The summed E-state index contributed by atoms with van der Waals surface area (Å²) in [6, 6.07) is 0. The predicted molar refractivity (Wildman–Crippen MR) is 37.1 cm³/mol. The first-order valence-corrected chi connectivity index (χ1v) is 3.17. The minimum absolute atomic E-state index is 0. The van der Waals surface area contributed by atoms with Crippen LogP contribution < -0.4 is 108 Å². The Kier molecular flexibility index (Phi) is 26.5. The molecule has 0 spiro atoms. The summed E-state index contributed by atoms with van der Waals surface area (Å²) in [6.45, 7) is 0. The van der Waals surface area contributed by atoms with Crippen LogP contribution in [-0.4, -0.2) is 43.9 Å². The Morgan fingerprint density at radius 3 is 1.18 bits per heavy atom. The van der Waals surface area contributed by atoms with E-state index in [4.69, 9.17) is 20.4 Å². The SMILES string of the molecule is O=C(O)CC(O)(CC(=O)O)C(=O)O.[Li+].[Na+].[Na+].[Na+]. The normalized spacial score (nSPS) is 8.29. The average molecular weight is 268 g/mol. The maximum atomic E-state index is 10.3. The number of hydrogen-bond acceptors (Lipinski definition) is 4. The second kappa shape index (κ2) is 14.4. The quantitative estimate of drug-likeness (QED) is 0.364. The second-order valence-corrected chi connectivity index (χ2v) is 2.48. The van der Waals surface area contributed by atoms with Crippen molar-refractivity contribution in [1.29, 1.82) is 0 Å².